The molecule has 0 amide bonds. The first-order valence-corrected chi connectivity index (χ1v) is 6.41. The molecule has 2 aromatic rings. The molecular formula is C17H16F2O. The molecule has 0 bridgehead atoms. The van der Waals surface area contributed by atoms with Crippen LogP contribution in [-0.4, -0.2) is 5.11 Å². The van der Waals surface area contributed by atoms with Crippen LogP contribution in [-0.2, 0) is 0 Å². The fourth-order valence-electron chi connectivity index (χ4n) is 2.14. The zero-order valence-corrected chi connectivity index (χ0v) is 11.0. The van der Waals surface area contributed by atoms with Gasteiger partial charge in [0.2, 0.25) is 0 Å². The molecular weight excluding hydrogens is 258 g/mol. The minimum atomic E-state index is -0.719. The molecule has 0 saturated carbocycles. The molecule has 20 heavy (non-hydrogen) atoms. The highest BCUT2D eigenvalue weighted by Crippen LogP contribution is 2.29. The Kier molecular flexibility index (Phi) is 4.64. The van der Waals surface area contributed by atoms with Gasteiger partial charge in [-0.2, -0.15) is 0 Å². The lowest BCUT2D eigenvalue weighted by Crippen LogP contribution is -2.04. The molecule has 2 atom stereocenters. The van der Waals surface area contributed by atoms with E-state index in [1.54, 1.807) is 30.3 Å². The average Bonchev–Trinajstić information content (AvgIpc) is 2.46. The van der Waals surface area contributed by atoms with Crippen LogP contribution < -0.4 is 0 Å². The number of allylic oxidation sites excluding steroid dienone is 1. The van der Waals surface area contributed by atoms with Crippen molar-refractivity contribution in [2.75, 3.05) is 0 Å². The minimum absolute atomic E-state index is 0.0874. The van der Waals surface area contributed by atoms with E-state index in [0.29, 0.717) is 12.0 Å². The molecule has 0 unspecified atom stereocenters. The molecule has 3 heteroatoms. The topological polar surface area (TPSA) is 20.2 Å². The summed E-state index contributed by atoms with van der Waals surface area (Å²) in [5, 5.41) is 10.2. The largest absolute Gasteiger partial charge is 0.388 e. The van der Waals surface area contributed by atoms with Crippen LogP contribution in [0.25, 0.3) is 0 Å². The van der Waals surface area contributed by atoms with E-state index in [4.69, 9.17) is 0 Å². The van der Waals surface area contributed by atoms with E-state index in [2.05, 4.69) is 6.58 Å². The normalized spacial score (nSPS) is 13.8. The molecule has 0 aromatic heterocycles. The van der Waals surface area contributed by atoms with Crippen molar-refractivity contribution in [1.29, 1.82) is 0 Å². The molecule has 0 aliphatic rings. The van der Waals surface area contributed by atoms with Crippen molar-refractivity contribution in [3.8, 4) is 0 Å². The highest BCUT2D eigenvalue weighted by molar-refractivity contribution is 5.26. The van der Waals surface area contributed by atoms with Gasteiger partial charge in [-0.3, -0.25) is 0 Å². The van der Waals surface area contributed by atoms with Gasteiger partial charge in [-0.25, -0.2) is 8.78 Å². The van der Waals surface area contributed by atoms with Gasteiger partial charge >= 0.3 is 0 Å². The molecule has 1 nitrogen and oxygen atoms in total. The van der Waals surface area contributed by atoms with Gasteiger partial charge in [0.1, 0.15) is 11.6 Å². The van der Waals surface area contributed by atoms with Crippen molar-refractivity contribution >= 4 is 0 Å². The molecule has 2 aromatic carbocycles. The van der Waals surface area contributed by atoms with Crippen LogP contribution in [0.2, 0.25) is 0 Å². The first-order chi connectivity index (χ1) is 9.60. The summed E-state index contributed by atoms with van der Waals surface area (Å²) < 4.78 is 25.8. The molecule has 0 saturated heterocycles. The standard InChI is InChI=1S/C17H16F2O/c1-2-12(13-3-7-15(18)8-4-13)11-17(20)14-5-9-16(19)10-6-14/h2-10,12,17,20H,1,11H2/t12-,17-/m1/s1. The van der Waals surface area contributed by atoms with Gasteiger partial charge in [0.25, 0.3) is 0 Å². The molecule has 0 spiro atoms. The van der Waals surface area contributed by atoms with Gasteiger partial charge < -0.3 is 5.11 Å². The fraction of sp³-hybridized carbons (Fsp3) is 0.176. The summed E-state index contributed by atoms with van der Waals surface area (Å²) >= 11 is 0. The predicted molar refractivity (Wildman–Crippen MR) is 75.3 cm³/mol. The second-order valence-corrected chi connectivity index (χ2v) is 4.70. The number of hydrogen-bond acceptors (Lipinski definition) is 1. The van der Waals surface area contributed by atoms with Gasteiger partial charge in [-0.15, -0.1) is 6.58 Å². The molecule has 0 fully saturated rings. The van der Waals surface area contributed by atoms with Crippen molar-refractivity contribution in [1.82, 2.24) is 0 Å². The number of aliphatic hydroxyl groups excluding tert-OH is 1. The zero-order chi connectivity index (χ0) is 14.5. The summed E-state index contributed by atoms with van der Waals surface area (Å²) in [6.45, 7) is 3.76. The fourth-order valence-corrected chi connectivity index (χ4v) is 2.14. The number of rotatable bonds is 5. The molecule has 0 aliphatic carbocycles. The lowest BCUT2D eigenvalue weighted by Gasteiger charge is -2.18. The second kappa shape index (κ2) is 6.44. The van der Waals surface area contributed by atoms with E-state index < -0.39 is 6.10 Å². The van der Waals surface area contributed by atoms with Crippen LogP contribution in [0.3, 0.4) is 0 Å². The van der Waals surface area contributed by atoms with Gasteiger partial charge in [0.15, 0.2) is 0 Å². The maximum Gasteiger partial charge on any atom is 0.123 e. The van der Waals surface area contributed by atoms with Crippen LogP contribution in [0.1, 0.15) is 29.6 Å². The Morgan fingerprint density at radius 3 is 1.80 bits per heavy atom. The van der Waals surface area contributed by atoms with Crippen LogP contribution in [0.5, 0.6) is 0 Å². The molecule has 2 rings (SSSR count). The summed E-state index contributed by atoms with van der Waals surface area (Å²) in [6.07, 6.45) is 1.42. The first-order valence-electron chi connectivity index (χ1n) is 6.41. The molecule has 0 heterocycles. The summed E-state index contributed by atoms with van der Waals surface area (Å²) in [7, 11) is 0. The van der Waals surface area contributed by atoms with Crippen molar-refractivity contribution in [3.05, 3.63) is 83.9 Å². The first kappa shape index (κ1) is 14.4. The quantitative estimate of drug-likeness (QED) is 0.803. The average molecular weight is 274 g/mol. The Morgan fingerprint density at radius 1 is 0.900 bits per heavy atom. The van der Waals surface area contributed by atoms with E-state index in [1.807, 2.05) is 0 Å². The summed E-state index contributed by atoms with van der Waals surface area (Å²) in [4.78, 5) is 0. The van der Waals surface area contributed by atoms with Crippen LogP contribution in [0.15, 0.2) is 61.2 Å². The Hall–Kier alpha value is -2.00. The smallest absolute Gasteiger partial charge is 0.123 e. The van der Waals surface area contributed by atoms with E-state index >= 15 is 0 Å². The van der Waals surface area contributed by atoms with E-state index in [9.17, 15) is 13.9 Å². The maximum absolute atomic E-state index is 12.9. The van der Waals surface area contributed by atoms with Crippen LogP contribution in [0, 0.1) is 11.6 Å². The number of hydrogen-bond donors (Lipinski definition) is 1. The Morgan fingerprint density at radius 2 is 1.35 bits per heavy atom. The highest BCUT2D eigenvalue weighted by Gasteiger charge is 2.15. The van der Waals surface area contributed by atoms with Crippen LogP contribution in [0.4, 0.5) is 8.78 Å². The lowest BCUT2D eigenvalue weighted by atomic mass is 9.91. The Balaban J connectivity index is 2.11. The van der Waals surface area contributed by atoms with Crippen molar-refractivity contribution in [2.24, 2.45) is 0 Å². The summed E-state index contributed by atoms with van der Waals surface area (Å²) in [5.41, 5.74) is 1.54. The number of halogens is 2. The number of aliphatic hydroxyl groups is 1. The number of benzene rings is 2. The van der Waals surface area contributed by atoms with Crippen LogP contribution >= 0.6 is 0 Å². The third-order valence-electron chi connectivity index (χ3n) is 3.31. The lowest BCUT2D eigenvalue weighted by molar-refractivity contribution is 0.163. The molecule has 0 radical (unpaired) electrons. The van der Waals surface area contributed by atoms with Crippen molar-refractivity contribution < 1.29 is 13.9 Å². The van der Waals surface area contributed by atoms with Gasteiger partial charge in [-0.1, -0.05) is 30.3 Å². The Labute approximate surface area is 117 Å². The Bertz CT molecular complexity index is 561. The third-order valence-corrected chi connectivity index (χ3v) is 3.31. The van der Waals surface area contributed by atoms with E-state index in [1.165, 1.54) is 24.3 Å². The minimum Gasteiger partial charge on any atom is -0.388 e. The van der Waals surface area contributed by atoms with Gasteiger partial charge in [0, 0.05) is 5.92 Å². The SMILES string of the molecule is C=C[C@H](C[C@@H](O)c1ccc(F)cc1)c1ccc(F)cc1. The summed E-state index contributed by atoms with van der Waals surface area (Å²) in [6, 6.07) is 11.9. The van der Waals surface area contributed by atoms with E-state index in [0.717, 1.165) is 5.56 Å². The maximum atomic E-state index is 12.9. The van der Waals surface area contributed by atoms with E-state index in [-0.39, 0.29) is 17.6 Å². The van der Waals surface area contributed by atoms with Gasteiger partial charge in [0.05, 0.1) is 6.10 Å². The zero-order valence-electron chi connectivity index (χ0n) is 11.0. The monoisotopic (exact) mass is 274 g/mol. The summed E-state index contributed by atoms with van der Waals surface area (Å²) in [5.74, 6) is -0.717. The third kappa shape index (κ3) is 3.52. The molecule has 1 N–H and O–H groups in total. The van der Waals surface area contributed by atoms with Crippen molar-refractivity contribution in [2.45, 2.75) is 18.4 Å². The second-order valence-electron chi connectivity index (χ2n) is 4.70. The predicted octanol–water partition coefficient (Wildman–Crippen LogP) is 4.36. The highest BCUT2D eigenvalue weighted by atomic mass is 19.1. The molecule has 0 aliphatic heterocycles. The molecule has 104 valence electrons. The van der Waals surface area contributed by atoms with Gasteiger partial charge in [-0.05, 0) is 41.8 Å². The van der Waals surface area contributed by atoms with Crippen molar-refractivity contribution in [3.63, 3.8) is 0 Å².